The number of carbonyl (C=O) groups is 1. The average Bonchev–Trinajstić information content (AvgIpc) is 1.87. The Bertz CT molecular complexity index is 187. The van der Waals surface area contributed by atoms with E-state index in [1.807, 2.05) is 0 Å². The lowest BCUT2D eigenvalue weighted by atomic mass is 10.5. The third kappa shape index (κ3) is 4.10. The van der Waals surface area contributed by atoms with Crippen LogP contribution in [0.1, 0.15) is 6.92 Å². The lowest BCUT2D eigenvalue weighted by Gasteiger charge is -2.12. The average molecular weight is 156 g/mol. The quantitative estimate of drug-likeness (QED) is 0.290. The fourth-order valence-corrected chi connectivity index (χ4v) is 0.492. The summed E-state index contributed by atoms with van der Waals surface area (Å²) in [4.78, 5) is 10.7. The molecule has 0 saturated heterocycles. The van der Waals surface area contributed by atoms with Crippen molar-refractivity contribution < 1.29 is 4.79 Å². The van der Waals surface area contributed by atoms with Crippen molar-refractivity contribution in [2.45, 2.75) is 6.92 Å². The van der Waals surface area contributed by atoms with Gasteiger partial charge in [-0.05, 0) is 6.08 Å². The monoisotopic (exact) mass is 156 g/mol. The van der Waals surface area contributed by atoms with E-state index in [0.717, 1.165) is 0 Å². The standard InChI is InChI=1S/C6H12N4O/c1-5(11)10(9-2)4-3-6(7)8/h3-4,9H,1-2H3,(H3,7,8)/b4-3-. The molecule has 0 unspecified atom stereocenters. The number of amidine groups is 1. The molecule has 0 rings (SSSR count). The SMILES string of the molecule is CNN(/C=C\C(=N)N)C(C)=O. The van der Waals surface area contributed by atoms with E-state index in [1.165, 1.54) is 24.2 Å². The fourth-order valence-electron chi connectivity index (χ4n) is 0.492. The smallest absolute Gasteiger partial charge is 0.237 e. The fraction of sp³-hybridized carbons (Fsp3) is 0.333. The number of amides is 1. The van der Waals surface area contributed by atoms with Gasteiger partial charge in [-0.15, -0.1) is 0 Å². The zero-order valence-electron chi connectivity index (χ0n) is 6.59. The Labute approximate surface area is 65.3 Å². The molecule has 4 N–H and O–H groups in total. The van der Waals surface area contributed by atoms with Crippen LogP contribution < -0.4 is 11.2 Å². The van der Waals surface area contributed by atoms with Gasteiger partial charge in [-0.1, -0.05) is 0 Å². The highest BCUT2D eigenvalue weighted by molar-refractivity contribution is 5.88. The van der Waals surface area contributed by atoms with Crippen LogP contribution >= 0.6 is 0 Å². The summed E-state index contributed by atoms with van der Waals surface area (Å²) in [6.45, 7) is 1.40. The molecular formula is C6H12N4O. The van der Waals surface area contributed by atoms with Crippen molar-refractivity contribution in [1.29, 1.82) is 5.41 Å². The van der Waals surface area contributed by atoms with Crippen LogP contribution in [0.25, 0.3) is 0 Å². The number of rotatable bonds is 3. The second kappa shape index (κ2) is 4.45. The van der Waals surface area contributed by atoms with Crippen LogP contribution in [0.2, 0.25) is 0 Å². The van der Waals surface area contributed by atoms with Gasteiger partial charge in [0, 0.05) is 20.2 Å². The highest BCUT2D eigenvalue weighted by Gasteiger charge is 1.98. The molecule has 0 radical (unpaired) electrons. The summed E-state index contributed by atoms with van der Waals surface area (Å²) >= 11 is 0. The van der Waals surface area contributed by atoms with Gasteiger partial charge in [-0.2, -0.15) is 0 Å². The van der Waals surface area contributed by atoms with Gasteiger partial charge in [-0.3, -0.25) is 15.2 Å². The molecule has 0 bridgehead atoms. The number of hydrazine groups is 1. The first-order valence-corrected chi connectivity index (χ1v) is 3.07. The molecule has 1 amide bonds. The Morgan fingerprint density at radius 1 is 1.73 bits per heavy atom. The molecule has 0 saturated carbocycles. The van der Waals surface area contributed by atoms with E-state index >= 15 is 0 Å². The van der Waals surface area contributed by atoms with Crippen molar-refractivity contribution in [1.82, 2.24) is 10.4 Å². The van der Waals surface area contributed by atoms with Gasteiger partial charge in [0.1, 0.15) is 5.84 Å². The Kier molecular flexibility index (Phi) is 3.90. The molecular weight excluding hydrogens is 144 g/mol. The molecule has 0 spiro atoms. The molecule has 5 nitrogen and oxygen atoms in total. The second-order valence-electron chi connectivity index (χ2n) is 1.88. The van der Waals surface area contributed by atoms with Crippen molar-refractivity contribution >= 4 is 11.7 Å². The van der Waals surface area contributed by atoms with Crippen LogP contribution in [0.4, 0.5) is 0 Å². The predicted octanol–water partition coefficient (Wildman–Crippen LogP) is -0.581. The molecule has 0 fully saturated rings. The van der Waals surface area contributed by atoms with Crippen LogP contribution in [0.3, 0.4) is 0 Å². The first kappa shape index (κ1) is 9.64. The largest absolute Gasteiger partial charge is 0.384 e. The van der Waals surface area contributed by atoms with Crippen molar-refractivity contribution in [2.75, 3.05) is 7.05 Å². The van der Waals surface area contributed by atoms with E-state index in [2.05, 4.69) is 5.43 Å². The summed E-state index contributed by atoms with van der Waals surface area (Å²) in [6.07, 6.45) is 2.71. The molecule has 0 aliphatic rings. The van der Waals surface area contributed by atoms with E-state index < -0.39 is 0 Å². The minimum Gasteiger partial charge on any atom is -0.384 e. The third-order valence-corrected chi connectivity index (χ3v) is 0.983. The van der Waals surface area contributed by atoms with E-state index in [0.29, 0.717) is 0 Å². The molecule has 0 aliphatic heterocycles. The molecule has 62 valence electrons. The molecule has 11 heavy (non-hydrogen) atoms. The molecule has 0 heterocycles. The molecule has 0 aliphatic carbocycles. The number of nitrogens with one attached hydrogen (secondary N) is 2. The Morgan fingerprint density at radius 2 is 2.27 bits per heavy atom. The predicted molar refractivity (Wildman–Crippen MR) is 42.6 cm³/mol. The van der Waals surface area contributed by atoms with Crippen LogP contribution in [-0.4, -0.2) is 23.8 Å². The maximum Gasteiger partial charge on any atom is 0.237 e. The van der Waals surface area contributed by atoms with Gasteiger partial charge in [0.25, 0.3) is 0 Å². The Hall–Kier alpha value is -1.36. The van der Waals surface area contributed by atoms with Crippen molar-refractivity contribution in [3.8, 4) is 0 Å². The molecule has 0 aromatic rings. The summed E-state index contributed by atoms with van der Waals surface area (Å²) in [7, 11) is 1.60. The highest BCUT2D eigenvalue weighted by atomic mass is 16.2. The number of hydrogen-bond donors (Lipinski definition) is 3. The second-order valence-corrected chi connectivity index (χ2v) is 1.88. The van der Waals surface area contributed by atoms with Crippen LogP contribution in [-0.2, 0) is 4.79 Å². The summed E-state index contributed by atoms with van der Waals surface area (Å²) in [6, 6.07) is 0. The van der Waals surface area contributed by atoms with Crippen molar-refractivity contribution in [3.63, 3.8) is 0 Å². The number of hydrogen-bond acceptors (Lipinski definition) is 3. The first-order chi connectivity index (χ1) is 5.07. The lowest BCUT2D eigenvalue weighted by molar-refractivity contribution is -0.128. The minimum absolute atomic E-state index is 0.0912. The molecule has 0 aromatic carbocycles. The van der Waals surface area contributed by atoms with Gasteiger partial charge < -0.3 is 5.73 Å². The van der Waals surface area contributed by atoms with Gasteiger partial charge in [0.15, 0.2) is 0 Å². The third-order valence-electron chi connectivity index (χ3n) is 0.983. The first-order valence-electron chi connectivity index (χ1n) is 3.07. The summed E-state index contributed by atoms with van der Waals surface area (Å²) in [5.74, 6) is -0.253. The normalized spacial score (nSPS) is 10.0. The van der Waals surface area contributed by atoms with Crippen LogP contribution in [0.15, 0.2) is 12.3 Å². The van der Waals surface area contributed by atoms with Crippen molar-refractivity contribution in [3.05, 3.63) is 12.3 Å². The van der Waals surface area contributed by atoms with Gasteiger partial charge in [0.05, 0.1) is 0 Å². The zero-order chi connectivity index (χ0) is 8.85. The van der Waals surface area contributed by atoms with Gasteiger partial charge >= 0.3 is 0 Å². The molecule has 0 aromatic heterocycles. The Morgan fingerprint density at radius 3 is 2.55 bits per heavy atom. The van der Waals surface area contributed by atoms with E-state index in [1.54, 1.807) is 7.05 Å². The van der Waals surface area contributed by atoms with E-state index in [9.17, 15) is 4.79 Å². The summed E-state index contributed by atoms with van der Waals surface area (Å²) in [5, 5.41) is 8.05. The summed E-state index contributed by atoms with van der Waals surface area (Å²) in [5.41, 5.74) is 7.63. The van der Waals surface area contributed by atoms with Crippen molar-refractivity contribution in [2.24, 2.45) is 5.73 Å². The van der Waals surface area contributed by atoms with Crippen LogP contribution in [0, 0.1) is 5.41 Å². The maximum atomic E-state index is 10.7. The lowest BCUT2D eigenvalue weighted by Crippen LogP contribution is -2.34. The minimum atomic E-state index is -0.162. The number of nitrogens with two attached hydrogens (primary N) is 1. The van der Waals surface area contributed by atoms with E-state index in [4.69, 9.17) is 11.1 Å². The van der Waals surface area contributed by atoms with E-state index in [-0.39, 0.29) is 11.7 Å². The topological polar surface area (TPSA) is 82.2 Å². The summed E-state index contributed by atoms with van der Waals surface area (Å²) < 4.78 is 0. The Balaban J connectivity index is 4.08. The molecule has 0 atom stereocenters. The molecule has 5 heteroatoms. The van der Waals surface area contributed by atoms with Gasteiger partial charge in [0.2, 0.25) is 5.91 Å². The van der Waals surface area contributed by atoms with Gasteiger partial charge in [-0.25, -0.2) is 5.43 Å². The highest BCUT2D eigenvalue weighted by Crippen LogP contribution is 1.83. The van der Waals surface area contributed by atoms with Crippen LogP contribution in [0.5, 0.6) is 0 Å². The maximum absolute atomic E-state index is 10.7. The number of carbonyl (C=O) groups excluding carboxylic acids is 1. The zero-order valence-corrected chi connectivity index (χ0v) is 6.59. The number of nitrogens with zero attached hydrogens (tertiary/aromatic N) is 1.